The molecule has 0 bridgehead atoms. The second-order valence-electron chi connectivity index (χ2n) is 3.73. The van der Waals surface area contributed by atoms with Gasteiger partial charge in [-0.3, -0.25) is 0 Å². The summed E-state index contributed by atoms with van der Waals surface area (Å²) in [6, 6.07) is 7.76. The van der Waals surface area contributed by atoms with Crippen molar-refractivity contribution >= 4 is 22.4 Å². The molecule has 0 unspecified atom stereocenters. The second-order valence-corrected chi connectivity index (χ2v) is 4.76. The number of hydrogen-bond donors (Lipinski definition) is 1. The minimum atomic E-state index is -0.369. The summed E-state index contributed by atoms with van der Waals surface area (Å²) in [5.74, 6) is 0.445. The molecule has 0 saturated heterocycles. The van der Waals surface area contributed by atoms with Crippen molar-refractivity contribution in [3.63, 3.8) is 0 Å². The van der Waals surface area contributed by atoms with Crippen LogP contribution in [0.1, 0.15) is 15.2 Å². The van der Waals surface area contributed by atoms with E-state index in [0.717, 1.165) is 11.3 Å². The first-order chi connectivity index (χ1) is 9.22. The molecule has 0 saturated carbocycles. The molecule has 100 valence electrons. The van der Waals surface area contributed by atoms with Crippen LogP contribution in [-0.2, 0) is 11.3 Å². The Morgan fingerprint density at radius 1 is 1.42 bits per heavy atom. The fraction of sp³-hybridized carbons (Fsp3) is 0.231. The zero-order chi connectivity index (χ0) is 13.7. The Kier molecular flexibility index (Phi) is 4.35. The minimum absolute atomic E-state index is 0.369. The molecule has 6 heteroatoms. The molecule has 0 radical (unpaired) electrons. The highest BCUT2D eigenvalue weighted by Crippen LogP contribution is 2.20. The van der Waals surface area contributed by atoms with Crippen LogP contribution in [0.4, 0.5) is 5.13 Å². The normalized spacial score (nSPS) is 10.0. The van der Waals surface area contributed by atoms with Crippen molar-refractivity contribution in [2.45, 2.75) is 6.54 Å². The molecule has 0 spiro atoms. The van der Waals surface area contributed by atoms with Crippen LogP contribution in [0.5, 0.6) is 5.75 Å². The van der Waals surface area contributed by atoms with E-state index >= 15 is 0 Å². The molecule has 0 atom stereocenters. The lowest BCUT2D eigenvalue weighted by atomic mass is 10.2. The Hall–Kier alpha value is -2.08. The van der Waals surface area contributed by atoms with Crippen molar-refractivity contribution in [1.29, 1.82) is 0 Å². The highest BCUT2D eigenvalue weighted by atomic mass is 32.1. The zero-order valence-electron chi connectivity index (χ0n) is 10.7. The number of carbonyl (C=O) groups is 1. The number of hydrogen-bond acceptors (Lipinski definition) is 6. The molecule has 2 rings (SSSR count). The largest absolute Gasteiger partial charge is 0.497 e. The quantitative estimate of drug-likeness (QED) is 0.852. The van der Waals surface area contributed by atoms with E-state index < -0.39 is 0 Å². The number of anilines is 1. The van der Waals surface area contributed by atoms with Gasteiger partial charge < -0.3 is 14.8 Å². The van der Waals surface area contributed by atoms with Crippen LogP contribution >= 0.6 is 11.3 Å². The Morgan fingerprint density at radius 2 is 2.26 bits per heavy atom. The fourth-order valence-electron chi connectivity index (χ4n) is 1.51. The first-order valence-electron chi connectivity index (χ1n) is 5.64. The molecule has 2 aromatic rings. The summed E-state index contributed by atoms with van der Waals surface area (Å²) < 4.78 is 9.78. The monoisotopic (exact) mass is 278 g/mol. The van der Waals surface area contributed by atoms with E-state index in [1.165, 1.54) is 24.6 Å². The SMILES string of the molecule is COC(=O)c1cnc(NCc2cccc(OC)c2)s1. The zero-order valence-corrected chi connectivity index (χ0v) is 11.5. The average molecular weight is 278 g/mol. The molecule has 0 fully saturated rings. The van der Waals surface area contributed by atoms with E-state index in [1.807, 2.05) is 24.3 Å². The summed E-state index contributed by atoms with van der Waals surface area (Å²) in [4.78, 5) is 15.9. The first kappa shape index (κ1) is 13.4. The van der Waals surface area contributed by atoms with E-state index in [-0.39, 0.29) is 5.97 Å². The number of methoxy groups -OCH3 is 2. The molecular weight excluding hydrogens is 264 g/mol. The lowest BCUT2D eigenvalue weighted by molar-refractivity contribution is 0.0606. The van der Waals surface area contributed by atoms with Gasteiger partial charge in [0.15, 0.2) is 5.13 Å². The summed E-state index contributed by atoms with van der Waals surface area (Å²) in [6.07, 6.45) is 1.50. The van der Waals surface area contributed by atoms with Crippen LogP contribution < -0.4 is 10.1 Å². The van der Waals surface area contributed by atoms with Gasteiger partial charge in [0.25, 0.3) is 0 Å². The van der Waals surface area contributed by atoms with Gasteiger partial charge in [-0.1, -0.05) is 23.5 Å². The number of thiazole rings is 1. The van der Waals surface area contributed by atoms with Crippen LogP contribution in [0.15, 0.2) is 30.5 Å². The summed E-state index contributed by atoms with van der Waals surface area (Å²) in [7, 11) is 2.99. The van der Waals surface area contributed by atoms with E-state index in [0.29, 0.717) is 16.6 Å². The third kappa shape index (κ3) is 3.45. The number of benzene rings is 1. The van der Waals surface area contributed by atoms with Crippen molar-refractivity contribution in [1.82, 2.24) is 4.98 Å². The lowest BCUT2D eigenvalue weighted by Gasteiger charge is -2.05. The summed E-state index contributed by atoms with van der Waals surface area (Å²) in [6.45, 7) is 0.616. The van der Waals surface area contributed by atoms with Crippen LogP contribution in [0.25, 0.3) is 0 Å². The highest BCUT2D eigenvalue weighted by Gasteiger charge is 2.10. The molecule has 0 aliphatic carbocycles. The molecule has 0 amide bonds. The Balaban J connectivity index is 1.98. The number of esters is 1. The molecule has 1 aromatic heterocycles. The fourth-order valence-corrected chi connectivity index (χ4v) is 2.24. The molecular formula is C13H14N2O3S. The number of rotatable bonds is 5. The van der Waals surface area contributed by atoms with Crippen molar-refractivity contribution in [3.05, 3.63) is 40.9 Å². The standard InChI is InChI=1S/C13H14N2O3S/c1-17-10-5-3-4-9(6-10)7-14-13-15-8-11(19-13)12(16)18-2/h3-6,8H,7H2,1-2H3,(H,14,15). The molecule has 0 aliphatic heterocycles. The topological polar surface area (TPSA) is 60.5 Å². The van der Waals surface area contributed by atoms with E-state index in [9.17, 15) is 4.79 Å². The Bertz CT molecular complexity index is 569. The predicted octanol–water partition coefficient (Wildman–Crippen LogP) is 2.55. The van der Waals surface area contributed by atoms with Gasteiger partial charge >= 0.3 is 5.97 Å². The number of ether oxygens (including phenoxy) is 2. The van der Waals surface area contributed by atoms with Gasteiger partial charge in [0, 0.05) is 6.54 Å². The summed E-state index contributed by atoms with van der Waals surface area (Å²) >= 11 is 1.27. The van der Waals surface area contributed by atoms with Crippen LogP contribution in [-0.4, -0.2) is 25.2 Å². The Labute approximate surface area is 115 Å². The van der Waals surface area contributed by atoms with Gasteiger partial charge in [-0.15, -0.1) is 0 Å². The summed E-state index contributed by atoms with van der Waals surface area (Å²) in [5.41, 5.74) is 1.08. The van der Waals surface area contributed by atoms with Crippen molar-refractivity contribution < 1.29 is 14.3 Å². The maximum atomic E-state index is 11.3. The molecule has 1 heterocycles. The van der Waals surface area contributed by atoms with Gasteiger partial charge in [-0.05, 0) is 17.7 Å². The lowest BCUT2D eigenvalue weighted by Crippen LogP contribution is -1.99. The molecule has 5 nitrogen and oxygen atoms in total. The van der Waals surface area contributed by atoms with E-state index in [1.54, 1.807) is 7.11 Å². The van der Waals surface area contributed by atoms with Crippen LogP contribution in [0.3, 0.4) is 0 Å². The molecule has 1 N–H and O–H groups in total. The number of carbonyl (C=O) groups excluding carboxylic acids is 1. The molecule has 1 aromatic carbocycles. The van der Waals surface area contributed by atoms with Crippen molar-refractivity contribution in [2.75, 3.05) is 19.5 Å². The van der Waals surface area contributed by atoms with Gasteiger partial charge in [-0.2, -0.15) is 0 Å². The van der Waals surface area contributed by atoms with Crippen molar-refractivity contribution in [2.24, 2.45) is 0 Å². The molecule has 19 heavy (non-hydrogen) atoms. The van der Waals surface area contributed by atoms with E-state index in [4.69, 9.17) is 4.74 Å². The van der Waals surface area contributed by atoms with Gasteiger partial charge in [0.1, 0.15) is 10.6 Å². The van der Waals surface area contributed by atoms with Crippen LogP contribution in [0.2, 0.25) is 0 Å². The highest BCUT2D eigenvalue weighted by molar-refractivity contribution is 7.17. The minimum Gasteiger partial charge on any atom is -0.497 e. The van der Waals surface area contributed by atoms with Crippen LogP contribution in [0, 0.1) is 0 Å². The van der Waals surface area contributed by atoms with Crippen molar-refractivity contribution in [3.8, 4) is 5.75 Å². The molecule has 0 aliphatic rings. The van der Waals surface area contributed by atoms with E-state index in [2.05, 4.69) is 15.0 Å². The second kappa shape index (κ2) is 6.19. The average Bonchev–Trinajstić information content (AvgIpc) is 2.93. The van der Waals surface area contributed by atoms with Gasteiger partial charge in [0.05, 0.1) is 20.4 Å². The third-order valence-electron chi connectivity index (χ3n) is 2.47. The Morgan fingerprint density at radius 3 is 3.00 bits per heavy atom. The number of nitrogens with zero attached hydrogens (tertiary/aromatic N) is 1. The number of nitrogens with one attached hydrogen (secondary N) is 1. The third-order valence-corrected chi connectivity index (χ3v) is 3.41. The van der Waals surface area contributed by atoms with Gasteiger partial charge in [0.2, 0.25) is 0 Å². The first-order valence-corrected chi connectivity index (χ1v) is 6.45. The maximum Gasteiger partial charge on any atom is 0.349 e. The smallest absolute Gasteiger partial charge is 0.349 e. The van der Waals surface area contributed by atoms with Gasteiger partial charge in [-0.25, -0.2) is 9.78 Å². The predicted molar refractivity (Wildman–Crippen MR) is 73.8 cm³/mol. The number of aromatic nitrogens is 1. The summed E-state index contributed by atoms with van der Waals surface area (Å²) in [5, 5.41) is 3.84. The maximum absolute atomic E-state index is 11.3.